The van der Waals surface area contributed by atoms with Crippen molar-refractivity contribution in [2.45, 2.75) is 32.1 Å². The molecule has 0 aliphatic carbocycles. The summed E-state index contributed by atoms with van der Waals surface area (Å²) in [4.78, 5) is 18.3. The van der Waals surface area contributed by atoms with Gasteiger partial charge in [-0.2, -0.15) is 0 Å². The standard InChI is InChI=1S/C29H38N2O5/c1-30-16-18-31(19-17-30)15-9-5-4-6-10-20-35-29-27(32)23-11-7-8-12-24(23)36-28(29)22-13-14-25(33-2)26(21-22)34-3/h7-8,11-14,21H,4-6,9-10,15-20H2,1-3H3. The third-order valence-corrected chi connectivity index (χ3v) is 6.86. The third kappa shape index (κ3) is 6.39. The first kappa shape index (κ1) is 26.0. The van der Waals surface area contributed by atoms with Crippen LogP contribution in [0.15, 0.2) is 51.7 Å². The van der Waals surface area contributed by atoms with Gasteiger partial charge in [0.05, 0.1) is 26.2 Å². The zero-order valence-corrected chi connectivity index (χ0v) is 21.8. The number of likely N-dealkylation sites (N-methyl/N-ethyl adjacent to an activating group) is 1. The molecule has 0 bridgehead atoms. The molecule has 0 saturated carbocycles. The van der Waals surface area contributed by atoms with Crippen LogP contribution in [0, 0.1) is 0 Å². The van der Waals surface area contributed by atoms with E-state index in [1.807, 2.05) is 18.2 Å². The lowest BCUT2D eigenvalue weighted by molar-refractivity contribution is 0.152. The number of rotatable bonds is 12. The van der Waals surface area contributed by atoms with Crippen molar-refractivity contribution in [2.75, 3.05) is 60.6 Å². The molecular formula is C29H38N2O5. The largest absolute Gasteiger partial charge is 0.493 e. The molecule has 7 heteroatoms. The minimum Gasteiger partial charge on any atom is -0.493 e. The molecule has 1 aliphatic heterocycles. The number of benzene rings is 2. The highest BCUT2D eigenvalue weighted by atomic mass is 16.5. The Hall–Kier alpha value is -3.03. The van der Waals surface area contributed by atoms with Gasteiger partial charge in [0.2, 0.25) is 11.2 Å². The molecule has 0 amide bonds. The van der Waals surface area contributed by atoms with Gasteiger partial charge in [-0.15, -0.1) is 0 Å². The second kappa shape index (κ2) is 12.8. The topological polar surface area (TPSA) is 64.4 Å². The van der Waals surface area contributed by atoms with Crippen molar-refractivity contribution in [3.8, 4) is 28.6 Å². The maximum Gasteiger partial charge on any atom is 0.235 e. The molecule has 0 atom stereocenters. The molecule has 194 valence electrons. The van der Waals surface area contributed by atoms with Crippen molar-refractivity contribution < 1.29 is 18.6 Å². The van der Waals surface area contributed by atoms with E-state index < -0.39 is 0 Å². The number of fused-ring (bicyclic) bond motifs is 1. The van der Waals surface area contributed by atoms with Gasteiger partial charge in [-0.3, -0.25) is 4.79 Å². The fourth-order valence-corrected chi connectivity index (χ4v) is 4.64. The minimum absolute atomic E-state index is 0.159. The first-order valence-corrected chi connectivity index (χ1v) is 12.9. The Morgan fingerprint density at radius 1 is 0.861 bits per heavy atom. The molecule has 0 spiro atoms. The molecule has 4 rings (SSSR count). The number of para-hydroxylation sites is 1. The highest BCUT2D eigenvalue weighted by molar-refractivity contribution is 5.82. The number of unbranched alkanes of at least 4 members (excludes halogenated alkanes) is 4. The Balaban J connectivity index is 1.37. The monoisotopic (exact) mass is 494 g/mol. The molecule has 3 aromatic rings. The summed E-state index contributed by atoms with van der Waals surface area (Å²) in [5.41, 5.74) is 1.07. The molecule has 1 fully saturated rings. The van der Waals surface area contributed by atoms with Crippen LogP contribution >= 0.6 is 0 Å². The zero-order valence-electron chi connectivity index (χ0n) is 21.8. The number of methoxy groups -OCH3 is 2. The molecule has 0 unspecified atom stereocenters. The van der Waals surface area contributed by atoms with Gasteiger partial charge >= 0.3 is 0 Å². The lowest BCUT2D eigenvalue weighted by atomic mass is 10.1. The molecule has 0 N–H and O–H groups in total. The number of ether oxygens (including phenoxy) is 3. The van der Waals surface area contributed by atoms with Gasteiger partial charge in [-0.1, -0.05) is 31.4 Å². The average molecular weight is 495 g/mol. The highest BCUT2D eigenvalue weighted by Crippen LogP contribution is 2.36. The average Bonchev–Trinajstić information content (AvgIpc) is 2.91. The SMILES string of the molecule is COc1ccc(-c2oc3ccccc3c(=O)c2OCCCCCCCN2CCN(C)CC2)cc1OC. The summed E-state index contributed by atoms with van der Waals surface area (Å²) in [7, 11) is 5.37. The zero-order chi connectivity index (χ0) is 25.3. The van der Waals surface area contributed by atoms with Crippen molar-refractivity contribution in [1.82, 2.24) is 9.80 Å². The maximum atomic E-state index is 13.3. The molecule has 1 saturated heterocycles. The Kier molecular flexibility index (Phi) is 9.25. The van der Waals surface area contributed by atoms with E-state index in [1.54, 1.807) is 38.5 Å². The van der Waals surface area contributed by atoms with Crippen LogP contribution in [0.2, 0.25) is 0 Å². The number of piperazine rings is 1. The van der Waals surface area contributed by atoms with Crippen LogP contribution in [-0.2, 0) is 0 Å². The van der Waals surface area contributed by atoms with E-state index in [0.717, 1.165) is 12.8 Å². The van der Waals surface area contributed by atoms with Crippen LogP contribution in [0.1, 0.15) is 32.1 Å². The van der Waals surface area contributed by atoms with E-state index in [-0.39, 0.29) is 11.2 Å². The Morgan fingerprint density at radius 2 is 1.58 bits per heavy atom. The smallest absolute Gasteiger partial charge is 0.235 e. The van der Waals surface area contributed by atoms with E-state index in [4.69, 9.17) is 18.6 Å². The van der Waals surface area contributed by atoms with Crippen molar-refractivity contribution in [3.05, 3.63) is 52.7 Å². The number of hydrogen-bond donors (Lipinski definition) is 0. The molecule has 1 aromatic heterocycles. The van der Waals surface area contributed by atoms with E-state index in [0.29, 0.717) is 40.4 Å². The third-order valence-electron chi connectivity index (χ3n) is 6.86. The number of nitrogens with zero attached hydrogens (tertiary/aromatic N) is 2. The molecule has 2 heterocycles. The summed E-state index contributed by atoms with van der Waals surface area (Å²) in [6.07, 6.45) is 5.61. The molecule has 2 aromatic carbocycles. The fraction of sp³-hybridized carbons (Fsp3) is 0.483. The first-order chi connectivity index (χ1) is 17.6. The van der Waals surface area contributed by atoms with E-state index in [2.05, 4.69) is 16.8 Å². The lowest BCUT2D eigenvalue weighted by Gasteiger charge is -2.32. The molecule has 0 radical (unpaired) electrons. The van der Waals surface area contributed by atoms with Gasteiger partial charge in [-0.05, 0) is 56.8 Å². The van der Waals surface area contributed by atoms with Crippen LogP contribution < -0.4 is 19.6 Å². The van der Waals surface area contributed by atoms with E-state index in [9.17, 15) is 4.79 Å². The van der Waals surface area contributed by atoms with Gasteiger partial charge < -0.3 is 28.4 Å². The summed E-state index contributed by atoms with van der Waals surface area (Å²) < 4.78 is 23.1. The Morgan fingerprint density at radius 3 is 2.36 bits per heavy atom. The van der Waals surface area contributed by atoms with Gasteiger partial charge in [0, 0.05) is 31.7 Å². The van der Waals surface area contributed by atoms with Crippen LogP contribution in [0.4, 0.5) is 0 Å². The maximum absolute atomic E-state index is 13.3. The van der Waals surface area contributed by atoms with E-state index >= 15 is 0 Å². The van der Waals surface area contributed by atoms with Gasteiger partial charge in [0.1, 0.15) is 5.58 Å². The molecule has 7 nitrogen and oxygen atoms in total. The number of hydrogen-bond acceptors (Lipinski definition) is 7. The minimum atomic E-state index is -0.159. The summed E-state index contributed by atoms with van der Waals surface area (Å²) in [6, 6.07) is 12.7. The lowest BCUT2D eigenvalue weighted by Crippen LogP contribution is -2.44. The second-order valence-corrected chi connectivity index (χ2v) is 9.42. The highest BCUT2D eigenvalue weighted by Gasteiger charge is 2.19. The van der Waals surface area contributed by atoms with E-state index in [1.165, 1.54) is 52.0 Å². The van der Waals surface area contributed by atoms with Gasteiger partial charge in [-0.25, -0.2) is 0 Å². The Bertz CT molecular complexity index is 1180. The summed E-state index contributed by atoms with van der Waals surface area (Å²) in [5, 5.41) is 0.514. The summed E-state index contributed by atoms with van der Waals surface area (Å²) in [5.74, 6) is 1.83. The van der Waals surface area contributed by atoms with Crippen molar-refractivity contribution in [2.24, 2.45) is 0 Å². The predicted molar refractivity (Wildman–Crippen MR) is 144 cm³/mol. The van der Waals surface area contributed by atoms with Crippen LogP contribution in [0.3, 0.4) is 0 Å². The predicted octanol–water partition coefficient (Wildman–Crippen LogP) is 5.05. The molecule has 36 heavy (non-hydrogen) atoms. The molecule has 1 aliphatic rings. The molecular weight excluding hydrogens is 456 g/mol. The fourth-order valence-electron chi connectivity index (χ4n) is 4.64. The normalized spacial score (nSPS) is 14.8. The van der Waals surface area contributed by atoms with Gasteiger partial charge in [0.25, 0.3) is 0 Å². The summed E-state index contributed by atoms with van der Waals surface area (Å²) in [6.45, 7) is 6.37. The first-order valence-electron chi connectivity index (χ1n) is 12.9. The van der Waals surface area contributed by atoms with Crippen LogP contribution in [0.25, 0.3) is 22.3 Å². The van der Waals surface area contributed by atoms with Crippen molar-refractivity contribution >= 4 is 11.0 Å². The summed E-state index contributed by atoms with van der Waals surface area (Å²) >= 11 is 0. The van der Waals surface area contributed by atoms with Gasteiger partial charge in [0.15, 0.2) is 17.3 Å². The Labute approximate surface area is 213 Å². The second-order valence-electron chi connectivity index (χ2n) is 9.42. The van der Waals surface area contributed by atoms with Crippen LogP contribution in [-0.4, -0.2) is 70.4 Å². The van der Waals surface area contributed by atoms with Crippen molar-refractivity contribution in [3.63, 3.8) is 0 Å². The van der Waals surface area contributed by atoms with Crippen LogP contribution in [0.5, 0.6) is 17.2 Å². The quantitative estimate of drug-likeness (QED) is 0.326. The van der Waals surface area contributed by atoms with Crippen molar-refractivity contribution in [1.29, 1.82) is 0 Å².